The van der Waals surface area contributed by atoms with Gasteiger partial charge in [-0.3, -0.25) is 9.59 Å². The molecule has 2 N–H and O–H groups in total. The Balaban J connectivity index is 2.04. The predicted octanol–water partition coefficient (Wildman–Crippen LogP) is 1.84. The molecule has 0 aliphatic carbocycles. The van der Waals surface area contributed by atoms with Gasteiger partial charge >= 0.3 is 0 Å². The van der Waals surface area contributed by atoms with E-state index in [0.717, 1.165) is 0 Å². The minimum atomic E-state index is -0.278. The molecule has 0 aliphatic heterocycles. The molecule has 0 radical (unpaired) electrons. The van der Waals surface area contributed by atoms with Gasteiger partial charge in [0.25, 0.3) is 11.8 Å². The van der Waals surface area contributed by atoms with Gasteiger partial charge < -0.3 is 20.1 Å². The van der Waals surface area contributed by atoms with E-state index in [1.54, 1.807) is 49.5 Å². The summed E-state index contributed by atoms with van der Waals surface area (Å²) in [7, 11) is 4.61. The van der Waals surface area contributed by atoms with Crippen molar-refractivity contribution in [1.82, 2.24) is 10.6 Å². The van der Waals surface area contributed by atoms with Gasteiger partial charge in [0, 0.05) is 18.2 Å². The lowest BCUT2D eigenvalue weighted by Gasteiger charge is -2.09. The normalized spacial score (nSPS) is 9.50. The van der Waals surface area contributed by atoms with Gasteiger partial charge in [0.05, 0.1) is 26.3 Å². The van der Waals surface area contributed by atoms with E-state index >= 15 is 0 Å². The average Bonchev–Trinajstić information content (AvgIpc) is 2.70. The van der Waals surface area contributed by atoms with Crippen molar-refractivity contribution in [2.45, 2.75) is 0 Å². The van der Waals surface area contributed by atoms with Crippen molar-refractivity contribution in [3.8, 4) is 23.3 Å². The molecule has 0 saturated carbocycles. The molecule has 0 spiro atoms. The van der Waals surface area contributed by atoms with Crippen LogP contribution in [0.3, 0.4) is 0 Å². The van der Waals surface area contributed by atoms with Crippen molar-refractivity contribution in [3.63, 3.8) is 0 Å². The molecule has 0 saturated heterocycles. The zero-order valence-electron chi connectivity index (χ0n) is 14.9. The van der Waals surface area contributed by atoms with Crippen LogP contribution in [0, 0.1) is 11.8 Å². The maximum absolute atomic E-state index is 12.2. The fraction of sp³-hybridized carbons (Fsp3) is 0.200. The third-order valence-electron chi connectivity index (χ3n) is 3.60. The van der Waals surface area contributed by atoms with Crippen LogP contribution in [-0.4, -0.2) is 39.6 Å². The Morgan fingerprint density at radius 2 is 1.73 bits per heavy atom. The number of hydrogen-bond acceptors (Lipinski definition) is 4. The zero-order chi connectivity index (χ0) is 18.9. The van der Waals surface area contributed by atoms with E-state index < -0.39 is 0 Å². The molecule has 2 rings (SSSR count). The first-order valence-electron chi connectivity index (χ1n) is 7.91. The first-order chi connectivity index (χ1) is 12.6. The Morgan fingerprint density at radius 1 is 1.00 bits per heavy atom. The van der Waals surface area contributed by atoms with Gasteiger partial charge in [-0.05, 0) is 30.3 Å². The predicted molar refractivity (Wildman–Crippen MR) is 98.6 cm³/mol. The lowest BCUT2D eigenvalue weighted by molar-refractivity contribution is 0.0952. The highest BCUT2D eigenvalue weighted by atomic mass is 16.5. The van der Waals surface area contributed by atoms with Crippen molar-refractivity contribution in [3.05, 3.63) is 59.2 Å². The van der Waals surface area contributed by atoms with E-state index in [9.17, 15) is 9.59 Å². The van der Waals surface area contributed by atoms with E-state index in [1.165, 1.54) is 14.2 Å². The van der Waals surface area contributed by atoms with E-state index in [4.69, 9.17) is 9.47 Å². The highest BCUT2D eigenvalue weighted by molar-refractivity contribution is 5.96. The molecule has 26 heavy (non-hydrogen) atoms. The summed E-state index contributed by atoms with van der Waals surface area (Å²) in [4.78, 5) is 24.0. The second-order valence-corrected chi connectivity index (χ2v) is 5.18. The quantitative estimate of drug-likeness (QED) is 0.805. The lowest BCUT2D eigenvalue weighted by atomic mass is 10.1. The Morgan fingerprint density at radius 3 is 2.42 bits per heavy atom. The molecule has 6 heteroatoms. The third kappa shape index (κ3) is 4.54. The molecule has 0 fully saturated rings. The van der Waals surface area contributed by atoms with E-state index in [0.29, 0.717) is 28.2 Å². The van der Waals surface area contributed by atoms with Gasteiger partial charge in [-0.1, -0.05) is 24.0 Å². The third-order valence-corrected chi connectivity index (χ3v) is 3.60. The second-order valence-electron chi connectivity index (χ2n) is 5.18. The first-order valence-corrected chi connectivity index (χ1v) is 7.91. The summed E-state index contributed by atoms with van der Waals surface area (Å²) in [5, 5.41) is 5.28. The minimum absolute atomic E-state index is 0.148. The van der Waals surface area contributed by atoms with Crippen molar-refractivity contribution in [2.24, 2.45) is 0 Å². The van der Waals surface area contributed by atoms with Crippen LogP contribution in [0.15, 0.2) is 42.5 Å². The summed E-state index contributed by atoms with van der Waals surface area (Å²) in [6, 6.07) is 11.9. The lowest BCUT2D eigenvalue weighted by Crippen LogP contribution is -2.23. The topological polar surface area (TPSA) is 76.7 Å². The van der Waals surface area contributed by atoms with E-state index in [2.05, 4.69) is 22.5 Å². The van der Waals surface area contributed by atoms with Gasteiger partial charge in [-0.15, -0.1) is 0 Å². The van der Waals surface area contributed by atoms with Crippen LogP contribution in [0.5, 0.6) is 11.5 Å². The van der Waals surface area contributed by atoms with Crippen LogP contribution < -0.4 is 20.1 Å². The maximum atomic E-state index is 12.2. The number of ether oxygens (including phenoxy) is 2. The Labute approximate surface area is 152 Å². The van der Waals surface area contributed by atoms with Crippen LogP contribution >= 0.6 is 0 Å². The SMILES string of the molecule is CNC(=O)c1ccccc1C#CCNC(=O)c1ccc(OC)c(OC)c1. The number of nitrogens with one attached hydrogen (secondary N) is 2. The molecule has 0 aliphatic rings. The molecule has 0 unspecified atom stereocenters. The van der Waals surface area contributed by atoms with E-state index in [1.807, 2.05) is 0 Å². The molecule has 134 valence electrons. The van der Waals surface area contributed by atoms with Crippen LogP contribution in [0.2, 0.25) is 0 Å². The molecule has 0 bridgehead atoms. The summed E-state index contributed by atoms with van der Waals surface area (Å²) in [5.74, 6) is 6.31. The van der Waals surface area contributed by atoms with Gasteiger partial charge in [-0.25, -0.2) is 0 Å². The fourth-order valence-electron chi connectivity index (χ4n) is 2.27. The molecule has 2 aromatic rings. The Bertz CT molecular complexity index is 866. The first kappa shape index (κ1) is 18.9. The number of hydrogen-bond donors (Lipinski definition) is 2. The summed E-state index contributed by atoms with van der Waals surface area (Å²) < 4.78 is 10.3. The Kier molecular flexibility index (Phi) is 6.63. The fourth-order valence-corrected chi connectivity index (χ4v) is 2.27. The van der Waals surface area contributed by atoms with Crippen molar-refractivity contribution in [2.75, 3.05) is 27.8 Å². The molecule has 2 aromatic carbocycles. The largest absolute Gasteiger partial charge is 0.493 e. The smallest absolute Gasteiger partial charge is 0.252 e. The van der Waals surface area contributed by atoms with Crippen LogP contribution in [0.1, 0.15) is 26.3 Å². The summed E-state index contributed by atoms with van der Waals surface area (Å²) >= 11 is 0. The molecular weight excluding hydrogens is 332 g/mol. The molecular formula is C20H20N2O4. The van der Waals surface area contributed by atoms with Crippen molar-refractivity contribution in [1.29, 1.82) is 0 Å². The number of rotatable bonds is 5. The van der Waals surface area contributed by atoms with Crippen molar-refractivity contribution >= 4 is 11.8 Å². The molecule has 0 heterocycles. The molecule has 0 aromatic heterocycles. The number of methoxy groups -OCH3 is 2. The van der Waals surface area contributed by atoms with Crippen LogP contribution in [0.25, 0.3) is 0 Å². The average molecular weight is 352 g/mol. The zero-order valence-corrected chi connectivity index (χ0v) is 14.9. The number of amides is 2. The van der Waals surface area contributed by atoms with Crippen LogP contribution in [0.4, 0.5) is 0 Å². The number of carbonyl (C=O) groups excluding carboxylic acids is 2. The van der Waals surface area contributed by atoms with Gasteiger partial charge in [0.1, 0.15) is 0 Å². The summed E-state index contributed by atoms with van der Waals surface area (Å²) in [5.41, 5.74) is 1.54. The van der Waals surface area contributed by atoms with Gasteiger partial charge in [-0.2, -0.15) is 0 Å². The highest BCUT2D eigenvalue weighted by Gasteiger charge is 2.10. The monoisotopic (exact) mass is 352 g/mol. The second kappa shape index (κ2) is 9.14. The summed E-state index contributed by atoms with van der Waals surface area (Å²) in [6.45, 7) is 0.148. The molecule has 2 amide bonds. The maximum Gasteiger partial charge on any atom is 0.252 e. The number of carbonyl (C=O) groups is 2. The van der Waals surface area contributed by atoms with Crippen LogP contribution in [-0.2, 0) is 0 Å². The summed E-state index contributed by atoms with van der Waals surface area (Å²) in [6.07, 6.45) is 0. The molecule has 6 nitrogen and oxygen atoms in total. The standard InChI is InChI=1S/C20H20N2O4/c1-21-20(24)16-9-5-4-7-14(16)8-6-12-22-19(23)15-10-11-17(25-2)18(13-15)26-3/h4-5,7,9-11,13H,12H2,1-3H3,(H,21,24)(H,22,23). The van der Waals surface area contributed by atoms with Crippen molar-refractivity contribution < 1.29 is 19.1 Å². The van der Waals surface area contributed by atoms with Gasteiger partial charge in [0.15, 0.2) is 11.5 Å². The molecule has 0 atom stereocenters. The highest BCUT2D eigenvalue weighted by Crippen LogP contribution is 2.27. The minimum Gasteiger partial charge on any atom is -0.493 e. The van der Waals surface area contributed by atoms with Gasteiger partial charge in [0.2, 0.25) is 0 Å². The Hall–Kier alpha value is -3.46. The number of benzene rings is 2. The van der Waals surface area contributed by atoms with E-state index in [-0.39, 0.29) is 18.4 Å².